The smallest absolute Gasteiger partial charge is 0.328 e. The van der Waals surface area contributed by atoms with E-state index < -0.39 is 0 Å². The summed E-state index contributed by atoms with van der Waals surface area (Å²) in [5.74, 6) is -0.171. The van der Waals surface area contributed by atoms with E-state index in [0.717, 1.165) is 16.6 Å². The summed E-state index contributed by atoms with van der Waals surface area (Å²) in [6, 6.07) is 9.15. The number of carbonyl (C=O) groups is 1. The van der Waals surface area contributed by atoms with Gasteiger partial charge in [-0.05, 0) is 29.8 Å². The molecular formula is C16H17ClN4O2. The quantitative estimate of drug-likeness (QED) is 0.792. The van der Waals surface area contributed by atoms with Gasteiger partial charge in [-0.15, -0.1) is 12.4 Å². The van der Waals surface area contributed by atoms with Crippen molar-refractivity contribution in [3.8, 4) is 0 Å². The van der Waals surface area contributed by atoms with Gasteiger partial charge in [0.1, 0.15) is 0 Å². The van der Waals surface area contributed by atoms with Crippen molar-refractivity contribution in [2.45, 2.75) is 6.54 Å². The molecule has 0 saturated carbocycles. The molecule has 3 rings (SSSR count). The molecule has 2 aromatic heterocycles. The first-order valence-corrected chi connectivity index (χ1v) is 6.90. The van der Waals surface area contributed by atoms with Crippen molar-refractivity contribution in [2.24, 2.45) is 14.1 Å². The number of nitrogens with one attached hydrogen (secondary N) is 1. The molecule has 0 unspecified atom stereocenters. The fourth-order valence-electron chi connectivity index (χ4n) is 2.44. The molecule has 7 heteroatoms. The molecule has 1 N–H and O–H groups in total. The zero-order chi connectivity index (χ0) is 15.7. The van der Waals surface area contributed by atoms with Crippen LogP contribution in [-0.4, -0.2) is 20.0 Å². The van der Waals surface area contributed by atoms with Crippen LogP contribution >= 0.6 is 12.4 Å². The first-order valence-electron chi connectivity index (χ1n) is 6.90. The Balaban J connectivity index is 0.00000192. The number of nitrogens with zero attached hydrogens (tertiary/aromatic N) is 3. The Morgan fingerprint density at radius 2 is 1.91 bits per heavy atom. The second kappa shape index (κ2) is 6.66. The Morgan fingerprint density at radius 1 is 1.17 bits per heavy atom. The predicted octanol–water partition coefficient (Wildman–Crippen LogP) is 1.62. The molecule has 6 nitrogen and oxygen atoms in total. The van der Waals surface area contributed by atoms with Crippen LogP contribution in [0.5, 0.6) is 0 Å². The first kappa shape index (κ1) is 16.8. The second-order valence-electron chi connectivity index (χ2n) is 5.15. The van der Waals surface area contributed by atoms with Crippen molar-refractivity contribution in [1.82, 2.24) is 19.4 Å². The van der Waals surface area contributed by atoms with E-state index in [1.165, 1.54) is 6.20 Å². The number of hydrogen-bond donors (Lipinski definition) is 1. The lowest BCUT2D eigenvalue weighted by atomic mass is 10.2. The number of fused-ring (bicyclic) bond motifs is 1. The SMILES string of the molecule is Cl.Cn1c(=O)n(C)c2cc(CNC(=O)c3cccnc3)ccc21. The second-order valence-corrected chi connectivity index (χ2v) is 5.15. The van der Waals surface area contributed by atoms with Crippen LogP contribution in [-0.2, 0) is 20.6 Å². The highest BCUT2D eigenvalue weighted by Gasteiger charge is 2.09. The van der Waals surface area contributed by atoms with E-state index >= 15 is 0 Å². The zero-order valence-corrected chi connectivity index (χ0v) is 13.6. The fourth-order valence-corrected chi connectivity index (χ4v) is 2.44. The topological polar surface area (TPSA) is 68.9 Å². The van der Waals surface area contributed by atoms with Gasteiger partial charge in [-0.2, -0.15) is 0 Å². The van der Waals surface area contributed by atoms with Crippen LogP contribution in [0.25, 0.3) is 11.0 Å². The average Bonchev–Trinajstić information content (AvgIpc) is 2.78. The van der Waals surface area contributed by atoms with Gasteiger partial charge >= 0.3 is 5.69 Å². The summed E-state index contributed by atoms with van der Waals surface area (Å²) >= 11 is 0. The summed E-state index contributed by atoms with van der Waals surface area (Å²) in [6.07, 6.45) is 3.15. The summed E-state index contributed by atoms with van der Waals surface area (Å²) in [5, 5.41) is 2.85. The molecule has 0 spiro atoms. The van der Waals surface area contributed by atoms with E-state index in [1.807, 2.05) is 18.2 Å². The van der Waals surface area contributed by atoms with E-state index in [9.17, 15) is 9.59 Å². The third-order valence-corrected chi connectivity index (χ3v) is 3.71. The van der Waals surface area contributed by atoms with Gasteiger partial charge in [0.15, 0.2) is 0 Å². The number of imidazole rings is 1. The van der Waals surface area contributed by atoms with E-state index in [-0.39, 0.29) is 24.0 Å². The number of rotatable bonds is 3. The van der Waals surface area contributed by atoms with Gasteiger partial charge in [0.25, 0.3) is 5.91 Å². The van der Waals surface area contributed by atoms with Gasteiger partial charge in [0.05, 0.1) is 16.6 Å². The highest BCUT2D eigenvalue weighted by Crippen LogP contribution is 2.14. The minimum absolute atomic E-state index is 0. The number of hydrogen-bond acceptors (Lipinski definition) is 3. The maximum atomic E-state index is 12.0. The molecule has 0 radical (unpaired) electrons. The number of halogens is 1. The molecule has 0 saturated heterocycles. The van der Waals surface area contributed by atoms with Crippen LogP contribution in [0.3, 0.4) is 0 Å². The maximum absolute atomic E-state index is 12.0. The predicted molar refractivity (Wildman–Crippen MR) is 90.8 cm³/mol. The molecule has 1 amide bonds. The van der Waals surface area contributed by atoms with E-state index in [0.29, 0.717) is 12.1 Å². The van der Waals surface area contributed by atoms with Crippen molar-refractivity contribution < 1.29 is 4.79 Å². The van der Waals surface area contributed by atoms with Gasteiger partial charge in [0.2, 0.25) is 0 Å². The maximum Gasteiger partial charge on any atom is 0.328 e. The third-order valence-electron chi connectivity index (χ3n) is 3.71. The van der Waals surface area contributed by atoms with Crippen molar-refractivity contribution in [1.29, 1.82) is 0 Å². The monoisotopic (exact) mass is 332 g/mol. The van der Waals surface area contributed by atoms with E-state index in [1.54, 1.807) is 41.6 Å². The normalized spacial score (nSPS) is 10.3. The Morgan fingerprint density at radius 3 is 2.61 bits per heavy atom. The van der Waals surface area contributed by atoms with Crippen LogP contribution in [0.2, 0.25) is 0 Å². The van der Waals surface area contributed by atoms with Crippen LogP contribution < -0.4 is 11.0 Å². The molecule has 3 aromatic rings. The van der Waals surface area contributed by atoms with Crippen LogP contribution in [0, 0.1) is 0 Å². The highest BCUT2D eigenvalue weighted by molar-refractivity contribution is 5.93. The number of aromatic nitrogens is 3. The van der Waals surface area contributed by atoms with Crippen LogP contribution in [0.15, 0.2) is 47.5 Å². The van der Waals surface area contributed by atoms with Crippen molar-refractivity contribution >= 4 is 29.3 Å². The average molecular weight is 333 g/mol. The van der Waals surface area contributed by atoms with Gasteiger partial charge in [-0.1, -0.05) is 6.07 Å². The van der Waals surface area contributed by atoms with Crippen molar-refractivity contribution in [3.05, 3.63) is 64.3 Å². The lowest BCUT2D eigenvalue weighted by Crippen LogP contribution is -2.22. The fraction of sp³-hybridized carbons (Fsp3) is 0.188. The van der Waals surface area contributed by atoms with E-state index in [2.05, 4.69) is 10.3 Å². The Bertz CT molecular complexity index is 900. The largest absolute Gasteiger partial charge is 0.348 e. The Labute approximate surface area is 139 Å². The minimum atomic E-state index is -0.171. The van der Waals surface area contributed by atoms with Gasteiger partial charge in [-0.3, -0.25) is 18.9 Å². The molecule has 0 aliphatic carbocycles. The molecule has 0 aliphatic heterocycles. The lowest BCUT2D eigenvalue weighted by molar-refractivity contribution is 0.0950. The lowest BCUT2D eigenvalue weighted by Gasteiger charge is -2.06. The Hall–Kier alpha value is -2.60. The summed E-state index contributed by atoms with van der Waals surface area (Å²) in [7, 11) is 3.48. The number of carbonyl (C=O) groups excluding carboxylic acids is 1. The number of benzene rings is 1. The van der Waals surface area contributed by atoms with E-state index in [4.69, 9.17) is 0 Å². The summed E-state index contributed by atoms with van der Waals surface area (Å²) in [5.41, 5.74) is 3.11. The summed E-state index contributed by atoms with van der Waals surface area (Å²) < 4.78 is 3.20. The van der Waals surface area contributed by atoms with Crippen molar-refractivity contribution in [2.75, 3.05) is 0 Å². The number of amides is 1. The molecule has 0 aliphatic rings. The van der Waals surface area contributed by atoms with Crippen LogP contribution in [0.1, 0.15) is 15.9 Å². The summed E-state index contributed by atoms with van der Waals surface area (Å²) in [6.45, 7) is 0.396. The number of pyridine rings is 1. The number of aryl methyl sites for hydroxylation is 2. The molecule has 23 heavy (non-hydrogen) atoms. The van der Waals surface area contributed by atoms with Gasteiger partial charge < -0.3 is 5.32 Å². The third kappa shape index (κ3) is 3.12. The Kier molecular flexibility index (Phi) is 4.86. The molecule has 0 atom stereocenters. The summed E-state index contributed by atoms with van der Waals surface area (Å²) in [4.78, 5) is 27.8. The standard InChI is InChI=1S/C16H16N4O2.ClH/c1-19-13-6-5-11(8-14(13)20(2)16(19)22)9-18-15(21)12-4-3-7-17-10-12;/h3-8,10H,9H2,1-2H3,(H,18,21);1H. The van der Waals surface area contributed by atoms with Crippen molar-refractivity contribution in [3.63, 3.8) is 0 Å². The first-order chi connectivity index (χ1) is 10.6. The van der Waals surface area contributed by atoms with Gasteiger partial charge in [0, 0.05) is 33.0 Å². The molecule has 0 fully saturated rings. The molecule has 1 aromatic carbocycles. The minimum Gasteiger partial charge on any atom is -0.348 e. The molecule has 0 bridgehead atoms. The van der Waals surface area contributed by atoms with Crippen LogP contribution in [0.4, 0.5) is 0 Å². The molecule has 2 heterocycles. The van der Waals surface area contributed by atoms with Gasteiger partial charge in [-0.25, -0.2) is 4.79 Å². The zero-order valence-electron chi connectivity index (χ0n) is 12.8. The molecular weight excluding hydrogens is 316 g/mol. The molecule has 120 valence electrons. The highest BCUT2D eigenvalue weighted by atomic mass is 35.5.